The van der Waals surface area contributed by atoms with Crippen LogP contribution in [0.15, 0.2) is 12.2 Å². The lowest BCUT2D eigenvalue weighted by atomic mass is 9.61. The second-order valence-electron chi connectivity index (χ2n) is 9.43. The quantitative estimate of drug-likeness (QED) is 0.481. The van der Waals surface area contributed by atoms with E-state index in [2.05, 4.69) is 32.9 Å². The zero-order valence-corrected chi connectivity index (χ0v) is 16.0. The molecule has 0 saturated heterocycles. The summed E-state index contributed by atoms with van der Waals surface area (Å²) < 4.78 is 0. The molecule has 0 spiro atoms. The molecule has 0 radical (unpaired) electrons. The lowest BCUT2D eigenvalue weighted by molar-refractivity contribution is 0.0672. The van der Waals surface area contributed by atoms with Gasteiger partial charge in [-0.1, -0.05) is 38.8 Å². The van der Waals surface area contributed by atoms with Crippen molar-refractivity contribution >= 4 is 0 Å². The Morgan fingerprint density at radius 2 is 1.26 bits per heavy atom. The van der Waals surface area contributed by atoms with Gasteiger partial charge in [-0.3, -0.25) is 0 Å². The van der Waals surface area contributed by atoms with Crippen molar-refractivity contribution in [3.05, 3.63) is 12.2 Å². The first-order valence-electron chi connectivity index (χ1n) is 10.8. The Bertz CT molecular complexity index is 365. The number of rotatable bonds is 3. The highest BCUT2D eigenvalue weighted by molar-refractivity contribution is 4.92. The van der Waals surface area contributed by atoms with E-state index in [9.17, 15) is 0 Å². The Morgan fingerprint density at radius 3 is 1.87 bits per heavy atom. The van der Waals surface area contributed by atoms with E-state index in [4.69, 9.17) is 0 Å². The van der Waals surface area contributed by atoms with E-state index < -0.39 is 0 Å². The average molecular weight is 317 g/mol. The van der Waals surface area contributed by atoms with Gasteiger partial charge in [-0.05, 0) is 106 Å². The van der Waals surface area contributed by atoms with Crippen LogP contribution in [0, 0.1) is 41.4 Å². The van der Waals surface area contributed by atoms with E-state index >= 15 is 0 Å². The van der Waals surface area contributed by atoms with Gasteiger partial charge in [0, 0.05) is 0 Å². The minimum absolute atomic E-state index is 0.895. The molecule has 0 aromatic rings. The Kier molecular flexibility index (Phi) is 6.27. The van der Waals surface area contributed by atoms with Crippen molar-refractivity contribution in [2.75, 3.05) is 0 Å². The number of allylic oxidation sites excluding steroid dienone is 2. The van der Waals surface area contributed by atoms with Crippen molar-refractivity contribution in [2.24, 2.45) is 41.4 Å². The van der Waals surface area contributed by atoms with Gasteiger partial charge in [0.2, 0.25) is 0 Å². The highest BCUT2D eigenvalue weighted by Gasteiger charge is 2.37. The van der Waals surface area contributed by atoms with Crippen LogP contribution in [-0.4, -0.2) is 0 Å². The maximum absolute atomic E-state index is 2.60. The third-order valence-electron chi connectivity index (χ3n) is 7.89. The highest BCUT2D eigenvalue weighted by atomic mass is 14.4. The van der Waals surface area contributed by atoms with Crippen molar-refractivity contribution in [3.8, 4) is 0 Å². The molecule has 3 unspecified atom stereocenters. The summed E-state index contributed by atoms with van der Waals surface area (Å²) in [6.07, 6.45) is 21.4. The van der Waals surface area contributed by atoms with Gasteiger partial charge in [0.25, 0.3) is 0 Å². The molecular formula is C23H40. The van der Waals surface area contributed by atoms with E-state index in [1.54, 1.807) is 19.3 Å². The maximum atomic E-state index is 2.60. The summed E-state index contributed by atoms with van der Waals surface area (Å²) in [7, 11) is 0. The fourth-order valence-electron chi connectivity index (χ4n) is 6.38. The van der Waals surface area contributed by atoms with Crippen LogP contribution in [0.2, 0.25) is 0 Å². The smallest absolute Gasteiger partial charge is 0.0233 e. The fraction of sp³-hybridized carbons (Fsp3) is 0.913. The van der Waals surface area contributed by atoms with Gasteiger partial charge in [0.05, 0.1) is 0 Å². The largest absolute Gasteiger partial charge is 0.0914 e. The molecule has 3 fully saturated rings. The summed E-state index contributed by atoms with van der Waals surface area (Å²) in [6, 6.07) is 0. The molecule has 0 aromatic heterocycles. The second-order valence-corrected chi connectivity index (χ2v) is 9.43. The predicted molar refractivity (Wildman–Crippen MR) is 101 cm³/mol. The molecule has 0 nitrogen and oxygen atoms in total. The van der Waals surface area contributed by atoms with Gasteiger partial charge < -0.3 is 0 Å². The average Bonchev–Trinajstić information content (AvgIpc) is 2.57. The predicted octanol–water partition coefficient (Wildman–Crippen LogP) is 7.25. The summed E-state index contributed by atoms with van der Waals surface area (Å²) in [5.74, 6) is 7.17. The van der Waals surface area contributed by atoms with Gasteiger partial charge in [0.1, 0.15) is 0 Å². The summed E-state index contributed by atoms with van der Waals surface area (Å²) >= 11 is 0. The van der Waals surface area contributed by atoms with Crippen LogP contribution < -0.4 is 0 Å². The Labute approximate surface area is 145 Å². The second kappa shape index (κ2) is 8.21. The topological polar surface area (TPSA) is 0 Å². The lowest BCUT2D eigenvalue weighted by Crippen LogP contribution is -2.34. The van der Waals surface area contributed by atoms with Gasteiger partial charge in [-0.25, -0.2) is 0 Å². The van der Waals surface area contributed by atoms with Crippen LogP contribution >= 0.6 is 0 Å². The van der Waals surface area contributed by atoms with Crippen molar-refractivity contribution in [2.45, 2.75) is 91.4 Å². The van der Waals surface area contributed by atoms with Gasteiger partial charge in [0.15, 0.2) is 0 Å². The third kappa shape index (κ3) is 4.43. The van der Waals surface area contributed by atoms with Crippen molar-refractivity contribution in [3.63, 3.8) is 0 Å². The lowest BCUT2D eigenvalue weighted by Gasteiger charge is -2.44. The molecule has 0 bridgehead atoms. The van der Waals surface area contributed by atoms with Crippen molar-refractivity contribution in [1.29, 1.82) is 0 Å². The maximum Gasteiger partial charge on any atom is -0.0233 e. The number of hydrogen-bond donors (Lipinski definition) is 0. The van der Waals surface area contributed by atoms with Crippen LogP contribution in [0.3, 0.4) is 0 Å². The molecule has 132 valence electrons. The van der Waals surface area contributed by atoms with Crippen molar-refractivity contribution < 1.29 is 0 Å². The molecule has 0 heteroatoms. The third-order valence-corrected chi connectivity index (χ3v) is 7.89. The molecule has 0 amide bonds. The fourth-order valence-corrected chi connectivity index (χ4v) is 6.38. The van der Waals surface area contributed by atoms with Crippen molar-refractivity contribution in [1.82, 2.24) is 0 Å². The molecule has 3 rings (SSSR count). The molecule has 0 heterocycles. The first kappa shape index (κ1) is 17.6. The van der Waals surface area contributed by atoms with E-state index in [-0.39, 0.29) is 0 Å². The van der Waals surface area contributed by atoms with Crippen LogP contribution in [0.25, 0.3) is 0 Å². The molecule has 0 aromatic carbocycles. The minimum Gasteiger partial charge on any atom is -0.0914 e. The molecule has 3 aliphatic rings. The van der Waals surface area contributed by atoms with Crippen LogP contribution in [0.5, 0.6) is 0 Å². The normalized spacial score (nSPS) is 46.1. The molecule has 0 N–H and O–H groups in total. The summed E-state index contributed by atoms with van der Waals surface area (Å²) in [6.45, 7) is 7.24. The Balaban J connectivity index is 1.47. The molecule has 23 heavy (non-hydrogen) atoms. The highest BCUT2D eigenvalue weighted by Crippen LogP contribution is 2.48. The van der Waals surface area contributed by atoms with Gasteiger partial charge in [-0.2, -0.15) is 0 Å². The Hall–Kier alpha value is -0.260. The molecule has 3 saturated carbocycles. The first-order valence-corrected chi connectivity index (χ1v) is 10.8. The zero-order valence-electron chi connectivity index (χ0n) is 16.0. The van der Waals surface area contributed by atoms with Crippen LogP contribution in [0.4, 0.5) is 0 Å². The van der Waals surface area contributed by atoms with E-state index in [0.717, 1.165) is 41.4 Å². The van der Waals surface area contributed by atoms with Gasteiger partial charge in [-0.15, -0.1) is 0 Å². The molecule has 3 atom stereocenters. The zero-order chi connectivity index (χ0) is 16.2. The molecular weight excluding hydrogens is 276 g/mol. The van der Waals surface area contributed by atoms with Gasteiger partial charge >= 0.3 is 0 Å². The Morgan fingerprint density at radius 1 is 0.652 bits per heavy atom. The summed E-state index contributed by atoms with van der Waals surface area (Å²) in [5.41, 5.74) is 0. The number of hydrogen-bond acceptors (Lipinski definition) is 0. The summed E-state index contributed by atoms with van der Waals surface area (Å²) in [5, 5.41) is 0. The van der Waals surface area contributed by atoms with Crippen LogP contribution in [0.1, 0.15) is 91.4 Å². The minimum atomic E-state index is 0.895. The monoisotopic (exact) mass is 316 g/mol. The van der Waals surface area contributed by atoms with Crippen LogP contribution in [-0.2, 0) is 0 Å². The summed E-state index contributed by atoms with van der Waals surface area (Å²) in [4.78, 5) is 0. The standard InChI is InChI=1S/C23H40/c1-4-5-19-8-12-21(13-9-19)23-15-14-22(16-18(23)3)20-10-6-17(2)7-11-20/h4-5,17-23H,6-16H2,1-3H3/b5-4+. The van der Waals surface area contributed by atoms with E-state index in [0.29, 0.717) is 0 Å². The molecule has 3 aliphatic carbocycles. The van der Waals surface area contributed by atoms with E-state index in [1.807, 2.05) is 0 Å². The SMILES string of the molecule is C/C=C/C1CCC(C2CCC(C3CCC(C)CC3)CC2C)CC1. The molecule has 0 aliphatic heterocycles. The van der Waals surface area contributed by atoms with E-state index in [1.165, 1.54) is 51.4 Å². The first-order chi connectivity index (χ1) is 11.2.